The number of amides is 1. The van der Waals surface area contributed by atoms with Crippen LogP contribution >= 0.6 is 11.3 Å². The maximum Gasteiger partial charge on any atom is 0.336 e. The van der Waals surface area contributed by atoms with E-state index in [0.29, 0.717) is 12.1 Å². The van der Waals surface area contributed by atoms with Crippen LogP contribution in [0.4, 0.5) is 13.9 Å². The molecule has 1 aromatic carbocycles. The van der Waals surface area contributed by atoms with E-state index >= 15 is 0 Å². The number of carbonyl (C=O) groups is 2. The molecule has 104 valence electrons. The van der Waals surface area contributed by atoms with Gasteiger partial charge in [-0.1, -0.05) is 0 Å². The zero-order valence-electron chi connectivity index (χ0n) is 10.1. The van der Waals surface area contributed by atoms with Gasteiger partial charge in [0.2, 0.25) is 0 Å². The molecule has 0 aliphatic heterocycles. The number of aromatic carboxylic acids is 1. The Morgan fingerprint density at radius 2 is 1.85 bits per heavy atom. The maximum atomic E-state index is 13.2. The van der Waals surface area contributed by atoms with E-state index in [0.717, 1.165) is 4.88 Å². The number of carboxylic acid groups (broad SMARTS) is 1. The minimum atomic E-state index is -1.52. The number of hydrogen-bond acceptors (Lipinski definition) is 4. The third kappa shape index (κ3) is 2.80. The number of rotatable bonds is 3. The lowest BCUT2D eigenvalue weighted by Crippen LogP contribution is -2.17. The minimum Gasteiger partial charge on any atom is -0.478 e. The van der Waals surface area contributed by atoms with Crippen LogP contribution in [-0.4, -0.2) is 22.0 Å². The van der Waals surface area contributed by atoms with Gasteiger partial charge in [-0.15, -0.1) is 11.3 Å². The fourth-order valence-electron chi connectivity index (χ4n) is 1.49. The normalized spacial score (nSPS) is 10.3. The second-order valence-electron chi connectivity index (χ2n) is 3.85. The van der Waals surface area contributed by atoms with Crippen LogP contribution in [0.15, 0.2) is 18.3 Å². The van der Waals surface area contributed by atoms with E-state index in [2.05, 4.69) is 10.3 Å². The van der Waals surface area contributed by atoms with Gasteiger partial charge in [0.15, 0.2) is 16.8 Å². The molecule has 0 unspecified atom stereocenters. The summed E-state index contributed by atoms with van der Waals surface area (Å²) in [6.07, 6.45) is 1.52. The van der Waals surface area contributed by atoms with E-state index < -0.39 is 34.6 Å². The quantitative estimate of drug-likeness (QED) is 0.913. The molecule has 1 aromatic heterocycles. The molecule has 0 aliphatic carbocycles. The van der Waals surface area contributed by atoms with Crippen molar-refractivity contribution < 1.29 is 23.5 Å². The van der Waals surface area contributed by atoms with Crippen LogP contribution in [0.3, 0.4) is 0 Å². The first-order valence-electron chi connectivity index (χ1n) is 5.34. The average Bonchev–Trinajstić information content (AvgIpc) is 2.77. The minimum absolute atomic E-state index is 0.244. The molecule has 0 saturated heterocycles. The molecule has 0 saturated carbocycles. The number of benzene rings is 1. The maximum absolute atomic E-state index is 13.2. The first-order valence-corrected chi connectivity index (χ1v) is 6.16. The third-order valence-electron chi connectivity index (χ3n) is 2.38. The molecule has 1 heterocycles. The number of aryl methyl sites for hydroxylation is 1. The Kier molecular flexibility index (Phi) is 3.75. The molecule has 20 heavy (non-hydrogen) atoms. The standard InChI is InChI=1S/C12H8F2N2O3S/c1-5-4-15-12(20-5)16-10(17)6-2-8(13)9(14)3-7(6)11(18)19/h2-4H,1H3,(H,18,19)(H,15,16,17). The van der Waals surface area contributed by atoms with Gasteiger partial charge in [0, 0.05) is 11.1 Å². The highest BCUT2D eigenvalue weighted by Crippen LogP contribution is 2.20. The summed E-state index contributed by atoms with van der Waals surface area (Å²) in [6.45, 7) is 1.77. The number of nitrogens with zero attached hydrogens (tertiary/aromatic N) is 1. The van der Waals surface area contributed by atoms with Crippen LogP contribution in [0.1, 0.15) is 25.6 Å². The van der Waals surface area contributed by atoms with E-state index in [4.69, 9.17) is 5.11 Å². The third-order valence-corrected chi connectivity index (χ3v) is 3.21. The van der Waals surface area contributed by atoms with Gasteiger partial charge < -0.3 is 5.11 Å². The summed E-state index contributed by atoms with van der Waals surface area (Å²) in [5.74, 6) is -5.01. The molecule has 0 aliphatic rings. The summed E-state index contributed by atoms with van der Waals surface area (Å²) in [5.41, 5.74) is -1.08. The first-order chi connectivity index (χ1) is 9.38. The van der Waals surface area contributed by atoms with Crippen molar-refractivity contribution in [1.29, 1.82) is 0 Å². The number of aromatic nitrogens is 1. The van der Waals surface area contributed by atoms with E-state index in [1.54, 1.807) is 6.92 Å². The number of nitrogens with one attached hydrogen (secondary N) is 1. The largest absolute Gasteiger partial charge is 0.478 e. The van der Waals surface area contributed by atoms with E-state index in [9.17, 15) is 18.4 Å². The Balaban J connectivity index is 2.38. The van der Waals surface area contributed by atoms with Crippen molar-refractivity contribution in [3.05, 3.63) is 46.0 Å². The molecule has 0 atom stereocenters. The van der Waals surface area contributed by atoms with Gasteiger partial charge in [0.25, 0.3) is 5.91 Å². The Bertz CT molecular complexity index is 700. The monoisotopic (exact) mass is 298 g/mol. The lowest BCUT2D eigenvalue weighted by Gasteiger charge is -2.06. The lowest BCUT2D eigenvalue weighted by molar-refractivity contribution is 0.0691. The van der Waals surface area contributed by atoms with E-state index in [1.165, 1.54) is 17.5 Å². The van der Waals surface area contributed by atoms with Gasteiger partial charge in [0.1, 0.15) is 0 Å². The fraction of sp³-hybridized carbons (Fsp3) is 0.0833. The highest BCUT2D eigenvalue weighted by atomic mass is 32.1. The molecular formula is C12H8F2N2O3S. The molecule has 5 nitrogen and oxygen atoms in total. The molecule has 2 aromatic rings. The molecule has 0 bridgehead atoms. The summed E-state index contributed by atoms with van der Waals surface area (Å²) in [7, 11) is 0. The Morgan fingerprint density at radius 3 is 2.35 bits per heavy atom. The van der Waals surface area contributed by atoms with Crippen LogP contribution in [0.2, 0.25) is 0 Å². The molecule has 1 amide bonds. The van der Waals surface area contributed by atoms with Gasteiger partial charge in [-0.2, -0.15) is 0 Å². The average molecular weight is 298 g/mol. The number of anilines is 1. The number of carbonyl (C=O) groups excluding carboxylic acids is 1. The Morgan fingerprint density at radius 1 is 1.25 bits per heavy atom. The molecule has 2 N–H and O–H groups in total. The topological polar surface area (TPSA) is 79.3 Å². The highest BCUT2D eigenvalue weighted by molar-refractivity contribution is 7.15. The highest BCUT2D eigenvalue weighted by Gasteiger charge is 2.21. The Hall–Kier alpha value is -2.35. The summed E-state index contributed by atoms with van der Waals surface area (Å²) in [6, 6.07) is 1.02. The van der Waals surface area contributed by atoms with Gasteiger partial charge in [0.05, 0.1) is 11.1 Å². The molecule has 0 fully saturated rings. The summed E-state index contributed by atoms with van der Waals surface area (Å²) in [4.78, 5) is 27.6. The fourth-order valence-corrected chi connectivity index (χ4v) is 2.15. The number of halogens is 2. The number of carboxylic acids is 1. The number of hydrogen-bond donors (Lipinski definition) is 2. The zero-order valence-corrected chi connectivity index (χ0v) is 10.9. The van der Waals surface area contributed by atoms with Crippen LogP contribution < -0.4 is 5.32 Å². The first kappa shape index (κ1) is 14.1. The smallest absolute Gasteiger partial charge is 0.336 e. The van der Waals surface area contributed by atoms with Gasteiger partial charge in [-0.25, -0.2) is 18.6 Å². The van der Waals surface area contributed by atoms with Crippen molar-refractivity contribution in [3.63, 3.8) is 0 Å². The second kappa shape index (κ2) is 5.33. The van der Waals surface area contributed by atoms with E-state index in [1.807, 2.05) is 0 Å². The molecular weight excluding hydrogens is 290 g/mol. The summed E-state index contributed by atoms with van der Waals surface area (Å²) >= 11 is 1.17. The molecule has 0 spiro atoms. The van der Waals surface area contributed by atoms with Gasteiger partial charge in [-0.3, -0.25) is 10.1 Å². The molecule has 8 heteroatoms. The van der Waals surface area contributed by atoms with E-state index in [-0.39, 0.29) is 5.13 Å². The SMILES string of the molecule is Cc1cnc(NC(=O)c2cc(F)c(F)cc2C(=O)O)s1. The zero-order chi connectivity index (χ0) is 14.9. The Labute approximate surface area is 115 Å². The van der Waals surface area contributed by atoms with Crippen LogP contribution in [0, 0.1) is 18.6 Å². The summed E-state index contributed by atoms with van der Waals surface area (Å²) < 4.78 is 26.2. The van der Waals surface area contributed by atoms with Crippen molar-refractivity contribution in [2.24, 2.45) is 0 Å². The van der Waals surface area contributed by atoms with Gasteiger partial charge in [-0.05, 0) is 19.1 Å². The van der Waals surface area contributed by atoms with Crippen molar-refractivity contribution in [2.75, 3.05) is 5.32 Å². The summed E-state index contributed by atoms with van der Waals surface area (Å²) in [5, 5.41) is 11.5. The number of thiazole rings is 1. The van der Waals surface area contributed by atoms with Crippen LogP contribution in [0.5, 0.6) is 0 Å². The van der Waals surface area contributed by atoms with Crippen molar-refractivity contribution in [3.8, 4) is 0 Å². The van der Waals surface area contributed by atoms with Gasteiger partial charge >= 0.3 is 5.97 Å². The van der Waals surface area contributed by atoms with Crippen LogP contribution in [0.25, 0.3) is 0 Å². The molecule has 0 radical (unpaired) electrons. The van der Waals surface area contributed by atoms with Crippen molar-refractivity contribution >= 4 is 28.3 Å². The predicted octanol–water partition coefficient (Wildman–Crippen LogP) is 2.68. The lowest BCUT2D eigenvalue weighted by atomic mass is 10.1. The second-order valence-corrected chi connectivity index (χ2v) is 5.08. The van der Waals surface area contributed by atoms with Crippen molar-refractivity contribution in [1.82, 2.24) is 4.98 Å². The predicted molar refractivity (Wildman–Crippen MR) is 68.1 cm³/mol. The van der Waals surface area contributed by atoms with Crippen LogP contribution in [-0.2, 0) is 0 Å². The molecule has 2 rings (SSSR count). The van der Waals surface area contributed by atoms with Crippen molar-refractivity contribution in [2.45, 2.75) is 6.92 Å².